The van der Waals surface area contributed by atoms with Crippen molar-refractivity contribution in [3.63, 3.8) is 0 Å². The van der Waals surface area contributed by atoms with E-state index in [1.54, 1.807) is 12.3 Å². The molecule has 2 heterocycles. The van der Waals surface area contributed by atoms with Crippen molar-refractivity contribution < 1.29 is 5.11 Å². The van der Waals surface area contributed by atoms with Crippen LogP contribution in [-0.2, 0) is 6.54 Å². The fraction of sp³-hybridized carbons (Fsp3) is 0.429. The van der Waals surface area contributed by atoms with Crippen LogP contribution in [0, 0.1) is 0 Å². The first-order valence-corrected chi connectivity index (χ1v) is 7.83. The molecule has 0 bridgehead atoms. The van der Waals surface area contributed by atoms with Gasteiger partial charge < -0.3 is 10.4 Å². The fourth-order valence-electron chi connectivity index (χ4n) is 1.82. The minimum Gasteiger partial charge on any atom is -0.396 e. The Balaban J connectivity index is 1.83. The van der Waals surface area contributed by atoms with Crippen molar-refractivity contribution in [2.75, 3.05) is 24.7 Å². The Hall–Kier alpha value is -1.37. The van der Waals surface area contributed by atoms with Gasteiger partial charge in [0, 0.05) is 37.7 Å². The number of nitrogens with one attached hydrogen (secondary N) is 1. The van der Waals surface area contributed by atoms with E-state index in [-0.39, 0.29) is 12.2 Å². The van der Waals surface area contributed by atoms with Crippen molar-refractivity contribution in [3.8, 4) is 0 Å². The van der Waals surface area contributed by atoms with Crippen LogP contribution in [0.2, 0.25) is 0 Å². The number of fused-ring (bicyclic) bond motifs is 1. The van der Waals surface area contributed by atoms with Gasteiger partial charge in [-0.25, -0.2) is 4.98 Å². The molecule has 0 fully saturated rings. The molecule has 2 aromatic rings. The predicted molar refractivity (Wildman–Crippen MR) is 82.2 cm³/mol. The van der Waals surface area contributed by atoms with Gasteiger partial charge in [0.25, 0.3) is 5.56 Å². The van der Waals surface area contributed by atoms with Gasteiger partial charge in [-0.2, -0.15) is 11.8 Å². The molecule has 108 valence electrons. The van der Waals surface area contributed by atoms with Gasteiger partial charge in [-0.1, -0.05) is 6.07 Å². The summed E-state index contributed by atoms with van der Waals surface area (Å²) in [5, 5.41) is 11.9. The summed E-state index contributed by atoms with van der Waals surface area (Å²) < 4.78 is 1.54. The SMILES string of the molecule is O=c1cc(CNCCSCCCO)nc2ccccn12. The summed E-state index contributed by atoms with van der Waals surface area (Å²) in [6, 6.07) is 7.09. The van der Waals surface area contributed by atoms with Gasteiger partial charge in [-0.3, -0.25) is 9.20 Å². The van der Waals surface area contributed by atoms with E-state index in [9.17, 15) is 4.79 Å². The van der Waals surface area contributed by atoms with Crippen LogP contribution in [0.25, 0.3) is 5.65 Å². The fourth-order valence-corrected chi connectivity index (χ4v) is 2.65. The van der Waals surface area contributed by atoms with E-state index < -0.39 is 0 Å². The van der Waals surface area contributed by atoms with Crippen LogP contribution in [0.5, 0.6) is 0 Å². The van der Waals surface area contributed by atoms with Crippen molar-refractivity contribution >= 4 is 17.4 Å². The van der Waals surface area contributed by atoms with Gasteiger partial charge in [0.15, 0.2) is 0 Å². The zero-order valence-electron chi connectivity index (χ0n) is 11.3. The number of aliphatic hydroxyl groups is 1. The van der Waals surface area contributed by atoms with E-state index >= 15 is 0 Å². The van der Waals surface area contributed by atoms with Crippen molar-refractivity contribution in [3.05, 3.63) is 46.5 Å². The Morgan fingerprint density at radius 3 is 3.10 bits per heavy atom. The molecule has 0 saturated heterocycles. The van der Waals surface area contributed by atoms with Crippen LogP contribution < -0.4 is 10.9 Å². The zero-order chi connectivity index (χ0) is 14.2. The zero-order valence-corrected chi connectivity index (χ0v) is 12.1. The third-order valence-corrected chi connectivity index (χ3v) is 3.87. The summed E-state index contributed by atoms with van der Waals surface area (Å²) >= 11 is 1.81. The number of hydrogen-bond acceptors (Lipinski definition) is 5. The van der Waals surface area contributed by atoms with E-state index in [0.717, 1.165) is 30.2 Å². The van der Waals surface area contributed by atoms with Gasteiger partial charge in [-0.05, 0) is 24.3 Å². The summed E-state index contributed by atoms with van der Waals surface area (Å²) in [6.07, 6.45) is 2.56. The molecule has 20 heavy (non-hydrogen) atoms. The maximum atomic E-state index is 11.9. The number of nitrogens with zero attached hydrogens (tertiary/aromatic N) is 2. The summed E-state index contributed by atoms with van der Waals surface area (Å²) in [5.41, 5.74) is 1.39. The molecule has 0 aliphatic carbocycles. The average molecular weight is 293 g/mol. The van der Waals surface area contributed by atoms with Gasteiger partial charge in [0.1, 0.15) is 5.65 Å². The monoisotopic (exact) mass is 293 g/mol. The van der Waals surface area contributed by atoms with Gasteiger partial charge >= 0.3 is 0 Å². The minimum absolute atomic E-state index is 0.0512. The van der Waals surface area contributed by atoms with E-state index in [1.165, 1.54) is 4.40 Å². The van der Waals surface area contributed by atoms with Gasteiger partial charge in [-0.15, -0.1) is 0 Å². The van der Waals surface area contributed by atoms with E-state index in [0.29, 0.717) is 12.2 Å². The lowest BCUT2D eigenvalue weighted by Crippen LogP contribution is -2.21. The molecule has 0 aliphatic heterocycles. The van der Waals surface area contributed by atoms with Crippen molar-refractivity contribution in [2.24, 2.45) is 0 Å². The molecule has 0 atom stereocenters. The second kappa shape index (κ2) is 8.04. The topological polar surface area (TPSA) is 66.6 Å². The molecule has 0 radical (unpaired) electrons. The first-order valence-electron chi connectivity index (χ1n) is 6.68. The van der Waals surface area contributed by atoms with E-state index in [1.807, 2.05) is 30.0 Å². The molecule has 5 nitrogen and oxygen atoms in total. The Bertz CT molecular complexity index is 600. The highest BCUT2D eigenvalue weighted by Crippen LogP contribution is 2.01. The predicted octanol–water partition coefficient (Wildman–Crippen LogP) is 0.900. The molecule has 0 aliphatic rings. The standard InChI is InChI=1S/C14H19N3O2S/c18-7-3-8-20-9-5-15-11-12-10-14(19)17-6-2-1-4-13(17)16-12/h1-2,4,6,10,15,18H,3,5,7-9,11H2. The number of hydrogen-bond donors (Lipinski definition) is 2. The van der Waals surface area contributed by atoms with Crippen LogP contribution >= 0.6 is 11.8 Å². The lowest BCUT2D eigenvalue weighted by molar-refractivity contribution is 0.296. The smallest absolute Gasteiger partial charge is 0.258 e. The first-order chi connectivity index (χ1) is 9.81. The summed E-state index contributed by atoms with van der Waals surface area (Å²) in [4.78, 5) is 16.3. The molecule has 0 aromatic carbocycles. The molecule has 0 amide bonds. The average Bonchev–Trinajstić information content (AvgIpc) is 2.46. The minimum atomic E-state index is -0.0512. The quantitative estimate of drug-likeness (QED) is 0.708. The molecule has 2 aromatic heterocycles. The molecule has 2 N–H and O–H groups in total. The van der Waals surface area contributed by atoms with Crippen LogP contribution in [0.15, 0.2) is 35.3 Å². The molecule has 0 spiro atoms. The number of pyridine rings is 1. The highest BCUT2D eigenvalue weighted by molar-refractivity contribution is 7.99. The number of rotatable bonds is 8. The van der Waals surface area contributed by atoms with Crippen LogP contribution in [0.1, 0.15) is 12.1 Å². The maximum Gasteiger partial charge on any atom is 0.258 e. The Kier molecular flexibility index (Phi) is 6.04. The summed E-state index contributed by atoms with van der Waals surface area (Å²) in [7, 11) is 0. The molecule has 6 heteroatoms. The van der Waals surface area contributed by atoms with Gasteiger partial charge in [0.2, 0.25) is 0 Å². The van der Waals surface area contributed by atoms with Gasteiger partial charge in [0.05, 0.1) is 5.69 Å². The molecule has 0 unspecified atom stereocenters. The summed E-state index contributed by atoms with van der Waals surface area (Å²) in [6.45, 7) is 1.72. The number of aromatic nitrogens is 2. The van der Waals surface area contributed by atoms with E-state index in [4.69, 9.17) is 5.11 Å². The van der Waals surface area contributed by atoms with Crippen LogP contribution in [0.4, 0.5) is 0 Å². The number of thioether (sulfide) groups is 1. The second-order valence-electron chi connectivity index (χ2n) is 4.38. The highest BCUT2D eigenvalue weighted by atomic mass is 32.2. The molecular formula is C14H19N3O2S. The first kappa shape index (κ1) is 15.0. The van der Waals surface area contributed by atoms with Crippen LogP contribution in [-0.4, -0.2) is 39.1 Å². The maximum absolute atomic E-state index is 11.9. The molecule has 0 saturated carbocycles. The normalized spacial score (nSPS) is 11.1. The highest BCUT2D eigenvalue weighted by Gasteiger charge is 2.01. The third-order valence-electron chi connectivity index (χ3n) is 2.80. The van der Waals surface area contributed by atoms with Crippen molar-refractivity contribution in [2.45, 2.75) is 13.0 Å². The van der Waals surface area contributed by atoms with Crippen molar-refractivity contribution in [1.29, 1.82) is 0 Å². The second-order valence-corrected chi connectivity index (χ2v) is 5.61. The Morgan fingerprint density at radius 2 is 2.25 bits per heavy atom. The Labute approximate surface area is 122 Å². The molecular weight excluding hydrogens is 274 g/mol. The largest absolute Gasteiger partial charge is 0.396 e. The lowest BCUT2D eigenvalue weighted by Gasteiger charge is -2.06. The Morgan fingerprint density at radius 1 is 1.35 bits per heavy atom. The number of aliphatic hydroxyl groups excluding tert-OH is 1. The van der Waals surface area contributed by atoms with E-state index in [2.05, 4.69) is 10.3 Å². The van der Waals surface area contributed by atoms with Crippen LogP contribution in [0.3, 0.4) is 0 Å². The van der Waals surface area contributed by atoms with Crippen molar-refractivity contribution in [1.82, 2.24) is 14.7 Å². The summed E-state index contributed by atoms with van der Waals surface area (Å²) in [5.74, 6) is 1.97. The molecule has 2 rings (SSSR count). The lowest BCUT2D eigenvalue weighted by atomic mass is 10.3. The third kappa shape index (κ3) is 4.33.